The Morgan fingerprint density at radius 3 is 2.80 bits per heavy atom. The first-order valence-electron chi connectivity index (χ1n) is 15.8. The first-order chi connectivity index (χ1) is 21.5. The summed E-state index contributed by atoms with van der Waals surface area (Å²) in [7, 11) is -3.08. The summed E-state index contributed by atoms with van der Waals surface area (Å²) in [5.41, 5.74) is 3.04. The van der Waals surface area contributed by atoms with Gasteiger partial charge in [0.25, 0.3) is 5.91 Å². The number of aliphatic hydroxyl groups excluding tert-OH is 1. The van der Waals surface area contributed by atoms with Crippen molar-refractivity contribution in [3.63, 3.8) is 0 Å². The van der Waals surface area contributed by atoms with Gasteiger partial charge in [-0.25, -0.2) is 13.1 Å². The standard InChI is InChI=1S/C34H41ClN2O7S/c1-21-5-3-7-29(38)26-11-8-24(26)18-37-19-34(14-4-6-22-15-25(35)10-12-27(22)34)20-44-30-13-9-23(16-28(30)37)33(40)36-45(41,42)31(21)17-32(39)43-2/h3,7,9-10,12-13,15-16,21,24,26,29,31,38H,4-6,8,11,14,17-20H2,1-2H3,(H,36,40)/b7-3-/t21-,24-,26+,29-,31-,34-/m0/s1. The molecule has 0 unspecified atom stereocenters. The second kappa shape index (κ2) is 12.6. The van der Waals surface area contributed by atoms with Gasteiger partial charge in [-0.2, -0.15) is 0 Å². The molecular weight excluding hydrogens is 616 g/mol. The van der Waals surface area contributed by atoms with E-state index in [0.29, 0.717) is 36.9 Å². The molecule has 1 spiro atoms. The maximum Gasteiger partial charge on any atom is 0.306 e. The van der Waals surface area contributed by atoms with Crippen LogP contribution in [0, 0.1) is 17.8 Å². The van der Waals surface area contributed by atoms with Crippen LogP contribution in [-0.2, 0) is 31.4 Å². The number of carbonyl (C=O) groups is 2. The first-order valence-corrected chi connectivity index (χ1v) is 17.7. The maximum atomic E-state index is 13.6. The lowest BCUT2D eigenvalue weighted by atomic mass is 9.68. The Morgan fingerprint density at radius 1 is 1.22 bits per heavy atom. The summed E-state index contributed by atoms with van der Waals surface area (Å²) in [6.45, 7) is 3.48. The monoisotopic (exact) mass is 656 g/mol. The number of nitrogens with zero attached hydrogens (tertiary/aromatic N) is 1. The fourth-order valence-corrected chi connectivity index (χ4v) is 9.47. The molecule has 2 aromatic carbocycles. The molecule has 1 fully saturated rings. The molecule has 2 aliphatic carbocycles. The van der Waals surface area contributed by atoms with Crippen LogP contribution >= 0.6 is 11.6 Å². The number of amides is 1. The molecule has 2 N–H and O–H groups in total. The van der Waals surface area contributed by atoms with Gasteiger partial charge in [-0.3, -0.25) is 9.59 Å². The minimum atomic E-state index is -4.28. The fourth-order valence-electron chi connectivity index (χ4n) is 7.66. The lowest BCUT2D eigenvalue weighted by Gasteiger charge is -2.45. The van der Waals surface area contributed by atoms with Crippen LogP contribution in [0.3, 0.4) is 0 Å². The van der Waals surface area contributed by atoms with E-state index in [0.717, 1.165) is 37.8 Å². The molecule has 2 heterocycles. The number of aliphatic hydroxyl groups is 1. The number of hydrogen-bond acceptors (Lipinski definition) is 8. The molecule has 0 radical (unpaired) electrons. The van der Waals surface area contributed by atoms with Gasteiger partial charge in [0.05, 0.1) is 37.2 Å². The lowest BCUT2D eigenvalue weighted by Crippen LogP contribution is -2.49. The van der Waals surface area contributed by atoms with Crippen molar-refractivity contribution in [1.82, 2.24) is 4.72 Å². The van der Waals surface area contributed by atoms with Crippen molar-refractivity contribution in [3.8, 4) is 5.75 Å². The number of aryl methyl sites for hydroxylation is 1. The van der Waals surface area contributed by atoms with Gasteiger partial charge in [-0.1, -0.05) is 36.7 Å². The van der Waals surface area contributed by atoms with Gasteiger partial charge in [0.1, 0.15) is 5.75 Å². The Morgan fingerprint density at radius 2 is 2.04 bits per heavy atom. The number of fused-ring (bicyclic) bond motifs is 4. The third-order valence-corrected chi connectivity index (χ3v) is 12.5. The summed E-state index contributed by atoms with van der Waals surface area (Å²) in [5.74, 6) is -1.08. The van der Waals surface area contributed by atoms with Gasteiger partial charge in [0, 0.05) is 29.1 Å². The highest BCUT2D eigenvalue weighted by Crippen LogP contribution is 2.46. The summed E-state index contributed by atoms with van der Waals surface area (Å²) in [4.78, 5) is 28.0. The summed E-state index contributed by atoms with van der Waals surface area (Å²) in [6, 6.07) is 11.1. The molecular formula is C34H41ClN2O7S. The number of ether oxygens (including phenoxy) is 2. The zero-order valence-electron chi connectivity index (χ0n) is 25.7. The molecule has 6 rings (SSSR count). The summed E-state index contributed by atoms with van der Waals surface area (Å²) < 4.78 is 40.7. The second-order valence-corrected chi connectivity index (χ2v) is 15.6. The Hall–Kier alpha value is -3.08. The van der Waals surface area contributed by atoms with Gasteiger partial charge in [-0.15, -0.1) is 0 Å². The highest BCUT2D eigenvalue weighted by molar-refractivity contribution is 7.90. The van der Waals surface area contributed by atoms with Gasteiger partial charge in [0.15, 0.2) is 0 Å². The zero-order chi connectivity index (χ0) is 31.9. The molecule has 1 amide bonds. The number of anilines is 1. The average Bonchev–Trinajstić information content (AvgIpc) is 3.13. The van der Waals surface area contributed by atoms with E-state index in [2.05, 4.69) is 15.7 Å². The average molecular weight is 657 g/mol. The van der Waals surface area contributed by atoms with Crippen LogP contribution in [0.2, 0.25) is 5.02 Å². The van der Waals surface area contributed by atoms with Crippen molar-refractivity contribution in [2.75, 3.05) is 31.7 Å². The van der Waals surface area contributed by atoms with Gasteiger partial charge in [-0.05, 0) is 97.7 Å². The van der Waals surface area contributed by atoms with Crippen molar-refractivity contribution in [2.24, 2.45) is 17.8 Å². The smallest absolute Gasteiger partial charge is 0.306 e. The normalized spacial score (nSPS) is 31.7. The van der Waals surface area contributed by atoms with Crippen LogP contribution < -0.4 is 14.4 Å². The number of halogens is 1. The van der Waals surface area contributed by atoms with E-state index in [4.69, 9.17) is 21.1 Å². The van der Waals surface area contributed by atoms with Crippen molar-refractivity contribution >= 4 is 39.2 Å². The third-order valence-electron chi connectivity index (χ3n) is 10.4. The van der Waals surface area contributed by atoms with Crippen molar-refractivity contribution in [2.45, 2.75) is 68.6 Å². The number of nitrogens with one attached hydrogen (secondary N) is 1. The highest BCUT2D eigenvalue weighted by atomic mass is 35.5. The number of benzene rings is 2. The van der Waals surface area contributed by atoms with Crippen LogP contribution in [0.25, 0.3) is 0 Å². The number of allylic oxidation sites excluding steroid dienone is 1. The van der Waals surface area contributed by atoms with E-state index in [-0.39, 0.29) is 22.8 Å². The number of sulfonamides is 1. The quantitative estimate of drug-likeness (QED) is 0.350. The molecule has 2 aromatic rings. The Kier molecular flexibility index (Phi) is 8.93. The Bertz CT molecular complexity index is 1610. The van der Waals surface area contributed by atoms with E-state index >= 15 is 0 Å². The summed E-state index contributed by atoms with van der Waals surface area (Å²) in [5, 5.41) is 10.7. The van der Waals surface area contributed by atoms with Crippen molar-refractivity contribution in [3.05, 3.63) is 70.3 Å². The minimum Gasteiger partial charge on any atom is -0.490 e. The predicted octanol–water partition coefficient (Wildman–Crippen LogP) is 4.79. The summed E-state index contributed by atoms with van der Waals surface area (Å²) in [6.07, 6.45) is 7.49. The molecule has 0 saturated heterocycles. The van der Waals surface area contributed by atoms with Crippen LogP contribution in [0.5, 0.6) is 5.75 Å². The van der Waals surface area contributed by atoms with Crippen LogP contribution in [-0.4, -0.2) is 63.6 Å². The minimum absolute atomic E-state index is 0.0477. The molecule has 4 aliphatic rings. The molecule has 0 aromatic heterocycles. The zero-order valence-corrected chi connectivity index (χ0v) is 27.3. The number of hydrogen-bond donors (Lipinski definition) is 2. The second-order valence-electron chi connectivity index (χ2n) is 13.2. The topological polar surface area (TPSA) is 122 Å². The fraction of sp³-hybridized carbons (Fsp3) is 0.529. The lowest BCUT2D eigenvalue weighted by molar-refractivity contribution is -0.140. The van der Waals surface area contributed by atoms with Crippen LogP contribution in [0.1, 0.15) is 66.9 Å². The summed E-state index contributed by atoms with van der Waals surface area (Å²) >= 11 is 6.39. The number of methoxy groups -OCH3 is 1. The number of esters is 1. The Balaban J connectivity index is 1.41. The molecule has 2 aliphatic heterocycles. The van der Waals surface area contributed by atoms with Gasteiger partial charge < -0.3 is 19.5 Å². The van der Waals surface area contributed by atoms with Crippen molar-refractivity contribution in [1.29, 1.82) is 0 Å². The molecule has 6 atom stereocenters. The highest BCUT2D eigenvalue weighted by Gasteiger charge is 2.44. The third kappa shape index (κ3) is 6.33. The number of rotatable bonds is 2. The molecule has 45 heavy (non-hydrogen) atoms. The van der Waals surface area contributed by atoms with E-state index in [1.165, 1.54) is 18.2 Å². The van der Waals surface area contributed by atoms with E-state index in [1.807, 2.05) is 12.1 Å². The van der Waals surface area contributed by atoms with Crippen molar-refractivity contribution < 1.29 is 32.6 Å². The van der Waals surface area contributed by atoms with E-state index < -0.39 is 45.6 Å². The van der Waals surface area contributed by atoms with E-state index in [9.17, 15) is 23.1 Å². The molecule has 2 bridgehead atoms. The molecule has 9 nitrogen and oxygen atoms in total. The first kappa shape index (κ1) is 31.9. The van der Waals surface area contributed by atoms with Crippen LogP contribution in [0.4, 0.5) is 5.69 Å². The van der Waals surface area contributed by atoms with Crippen LogP contribution in [0.15, 0.2) is 48.6 Å². The molecule has 242 valence electrons. The van der Waals surface area contributed by atoms with Gasteiger partial charge in [0.2, 0.25) is 10.0 Å². The molecule has 11 heteroatoms. The predicted molar refractivity (Wildman–Crippen MR) is 172 cm³/mol. The van der Waals surface area contributed by atoms with Gasteiger partial charge >= 0.3 is 5.97 Å². The largest absolute Gasteiger partial charge is 0.490 e. The SMILES string of the molecule is COC(=O)C[C@H]1[C@@H](C)C/C=C\[C@H](O)[C@@H]2CC[C@H]2CN2C[C@@]3(CCCc4cc(Cl)ccc43)COc3ccc(cc32)C(=O)NS1(=O)=O. The number of carbonyl (C=O) groups excluding carboxylic acids is 2. The van der Waals surface area contributed by atoms with E-state index in [1.54, 1.807) is 37.3 Å². The molecule has 1 saturated carbocycles. The maximum absolute atomic E-state index is 13.6. The Labute approximate surface area is 270 Å².